The highest BCUT2D eigenvalue weighted by Crippen LogP contribution is 2.20. The van der Waals surface area contributed by atoms with E-state index in [1.54, 1.807) is 17.8 Å². The lowest BCUT2D eigenvalue weighted by Crippen LogP contribution is -2.12. The molecule has 3 aromatic carbocycles. The van der Waals surface area contributed by atoms with Gasteiger partial charge in [0, 0.05) is 10.5 Å². The first-order valence-corrected chi connectivity index (χ1v) is 10.0. The van der Waals surface area contributed by atoms with Gasteiger partial charge in [0.1, 0.15) is 0 Å². The predicted molar refractivity (Wildman–Crippen MR) is 112 cm³/mol. The van der Waals surface area contributed by atoms with Crippen LogP contribution in [0.2, 0.25) is 0 Å². The zero-order chi connectivity index (χ0) is 19.3. The number of anilines is 1. The Morgan fingerprint density at radius 2 is 1.79 bits per heavy atom. The first kappa shape index (κ1) is 18.3. The molecule has 5 nitrogen and oxygen atoms in total. The lowest BCUT2D eigenvalue weighted by Gasteiger charge is -2.03. The standard InChI is InChI=1S/C22H19N3O2S/c1-2-28-19-11-7-15(8-12-19)13-20-24-25-22(27-20)23-21(26)18-10-9-16-5-3-4-6-17(16)14-18/h3-12,14H,2,13H2,1H3,(H,23,25,26). The Morgan fingerprint density at radius 3 is 2.57 bits per heavy atom. The van der Waals surface area contributed by atoms with Crippen LogP contribution in [-0.2, 0) is 6.42 Å². The fourth-order valence-corrected chi connectivity index (χ4v) is 3.58. The van der Waals surface area contributed by atoms with Crippen LogP contribution in [0.5, 0.6) is 0 Å². The highest BCUT2D eigenvalue weighted by molar-refractivity contribution is 7.99. The van der Waals surface area contributed by atoms with Gasteiger partial charge in [-0.1, -0.05) is 54.5 Å². The van der Waals surface area contributed by atoms with E-state index in [0.717, 1.165) is 22.1 Å². The summed E-state index contributed by atoms with van der Waals surface area (Å²) in [5.74, 6) is 1.23. The summed E-state index contributed by atoms with van der Waals surface area (Å²) in [6.45, 7) is 2.13. The molecule has 0 atom stereocenters. The van der Waals surface area contributed by atoms with Gasteiger partial charge in [0.05, 0.1) is 6.42 Å². The van der Waals surface area contributed by atoms with Gasteiger partial charge in [-0.3, -0.25) is 10.1 Å². The lowest BCUT2D eigenvalue weighted by atomic mass is 10.1. The molecule has 0 aliphatic carbocycles. The molecule has 0 saturated carbocycles. The molecule has 0 unspecified atom stereocenters. The number of carbonyl (C=O) groups is 1. The fraction of sp³-hybridized carbons (Fsp3) is 0.136. The third-order valence-electron chi connectivity index (χ3n) is 4.29. The van der Waals surface area contributed by atoms with Crippen molar-refractivity contribution >= 4 is 34.5 Å². The number of carbonyl (C=O) groups excluding carboxylic acids is 1. The first-order chi connectivity index (χ1) is 13.7. The van der Waals surface area contributed by atoms with Crippen LogP contribution in [-0.4, -0.2) is 21.9 Å². The van der Waals surface area contributed by atoms with Crippen molar-refractivity contribution in [3.05, 3.63) is 83.7 Å². The number of hydrogen-bond acceptors (Lipinski definition) is 5. The molecule has 1 amide bonds. The summed E-state index contributed by atoms with van der Waals surface area (Å²) in [6.07, 6.45) is 0.524. The molecule has 0 aliphatic heterocycles. The molecule has 0 spiro atoms. The molecule has 1 heterocycles. The van der Waals surface area contributed by atoms with Crippen LogP contribution in [0.1, 0.15) is 28.7 Å². The number of nitrogens with zero attached hydrogens (tertiary/aromatic N) is 2. The molecule has 140 valence electrons. The van der Waals surface area contributed by atoms with Crippen LogP contribution >= 0.6 is 11.8 Å². The molecule has 0 fully saturated rings. The number of amides is 1. The predicted octanol–water partition coefficient (Wildman–Crippen LogP) is 5.18. The average Bonchev–Trinajstić information content (AvgIpc) is 3.16. The van der Waals surface area contributed by atoms with Gasteiger partial charge in [0.25, 0.3) is 5.91 Å². The molecule has 6 heteroatoms. The summed E-state index contributed by atoms with van der Waals surface area (Å²) in [5.41, 5.74) is 1.62. The van der Waals surface area contributed by atoms with Crippen molar-refractivity contribution < 1.29 is 9.21 Å². The molecular formula is C22H19N3O2S. The van der Waals surface area contributed by atoms with E-state index in [4.69, 9.17) is 4.42 Å². The zero-order valence-electron chi connectivity index (χ0n) is 15.4. The summed E-state index contributed by atoms with van der Waals surface area (Å²) in [6, 6.07) is 21.8. The van der Waals surface area contributed by atoms with Gasteiger partial charge in [0.15, 0.2) is 0 Å². The van der Waals surface area contributed by atoms with Crippen molar-refractivity contribution in [3.8, 4) is 0 Å². The topological polar surface area (TPSA) is 68.0 Å². The number of thioether (sulfide) groups is 1. The van der Waals surface area contributed by atoms with Crippen LogP contribution in [0, 0.1) is 0 Å². The maximum absolute atomic E-state index is 12.5. The minimum atomic E-state index is -0.276. The zero-order valence-corrected chi connectivity index (χ0v) is 16.2. The fourth-order valence-electron chi connectivity index (χ4n) is 2.92. The van der Waals surface area contributed by atoms with Crippen molar-refractivity contribution in [3.63, 3.8) is 0 Å². The summed E-state index contributed by atoms with van der Waals surface area (Å²) >= 11 is 1.80. The highest BCUT2D eigenvalue weighted by Gasteiger charge is 2.12. The Hall–Kier alpha value is -3.12. The summed E-state index contributed by atoms with van der Waals surface area (Å²) in [5, 5.41) is 12.7. The molecule has 4 rings (SSSR count). The van der Waals surface area contributed by atoms with E-state index >= 15 is 0 Å². The molecule has 0 bridgehead atoms. The second-order valence-electron chi connectivity index (χ2n) is 6.27. The Balaban J connectivity index is 1.42. The van der Waals surface area contributed by atoms with Gasteiger partial charge < -0.3 is 4.42 Å². The largest absolute Gasteiger partial charge is 0.407 e. The van der Waals surface area contributed by atoms with Crippen LogP contribution in [0.15, 0.2) is 76.0 Å². The number of fused-ring (bicyclic) bond motifs is 1. The van der Waals surface area contributed by atoms with Gasteiger partial charge >= 0.3 is 6.01 Å². The van der Waals surface area contributed by atoms with E-state index in [-0.39, 0.29) is 11.9 Å². The minimum Gasteiger partial charge on any atom is -0.407 e. The monoisotopic (exact) mass is 389 g/mol. The van der Waals surface area contributed by atoms with Crippen molar-refractivity contribution in [1.29, 1.82) is 0 Å². The van der Waals surface area contributed by atoms with Crippen LogP contribution < -0.4 is 5.32 Å². The van der Waals surface area contributed by atoms with Crippen molar-refractivity contribution in [2.75, 3.05) is 11.1 Å². The maximum atomic E-state index is 12.5. The smallest absolute Gasteiger partial charge is 0.322 e. The van der Waals surface area contributed by atoms with Crippen molar-refractivity contribution in [2.24, 2.45) is 0 Å². The van der Waals surface area contributed by atoms with Crippen molar-refractivity contribution in [2.45, 2.75) is 18.2 Å². The Kier molecular flexibility index (Phi) is 5.39. The van der Waals surface area contributed by atoms with Crippen LogP contribution in [0.3, 0.4) is 0 Å². The molecule has 0 radical (unpaired) electrons. The van der Waals surface area contributed by atoms with E-state index in [1.807, 2.05) is 36.4 Å². The van der Waals surface area contributed by atoms with E-state index in [1.165, 1.54) is 4.90 Å². The second kappa shape index (κ2) is 8.27. The average molecular weight is 389 g/mol. The van der Waals surface area contributed by atoms with Gasteiger partial charge in [-0.25, -0.2) is 0 Å². The third kappa shape index (κ3) is 4.23. The Labute approximate surface area is 167 Å². The maximum Gasteiger partial charge on any atom is 0.322 e. The summed E-state index contributed by atoms with van der Waals surface area (Å²) < 4.78 is 5.59. The lowest BCUT2D eigenvalue weighted by molar-refractivity contribution is 0.102. The Bertz CT molecular complexity index is 1110. The number of aromatic nitrogens is 2. The summed E-state index contributed by atoms with van der Waals surface area (Å²) in [4.78, 5) is 13.7. The van der Waals surface area contributed by atoms with E-state index in [9.17, 15) is 4.79 Å². The molecule has 4 aromatic rings. The number of rotatable bonds is 6. The van der Waals surface area contributed by atoms with Gasteiger partial charge in [-0.15, -0.1) is 16.9 Å². The SMILES string of the molecule is CCSc1ccc(Cc2nnc(NC(=O)c3ccc4ccccc4c3)o2)cc1. The number of benzene rings is 3. The molecule has 1 aromatic heterocycles. The molecule has 0 saturated heterocycles. The quantitative estimate of drug-likeness (QED) is 0.460. The minimum absolute atomic E-state index is 0.103. The van der Waals surface area contributed by atoms with Gasteiger partial charge in [-0.2, -0.15) is 0 Å². The van der Waals surface area contributed by atoms with Gasteiger partial charge in [0.2, 0.25) is 5.89 Å². The van der Waals surface area contributed by atoms with E-state index in [2.05, 4.69) is 46.7 Å². The van der Waals surface area contributed by atoms with Crippen LogP contribution in [0.4, 0.5) is 6.01 Å². The molecule has 28 heavy (non-hydrogen) atoms. The van der Waals surface area contributed by atoms with Gasteiger partial charge in [-0.05, 0) is 46.4 Å². The summed E-state index contributed by atoms with van der Waals surface area (Å²) in [7, 11) is 0. The second-order valence-corrected chi connectivity index (χ2v) is 7.61. The third-order valence-corrected chi connectivity index (χ3v) is 5.18. The highest BCUT2D eigenvalue weighted by atomic mass is 32.2. The molecular weight excluding hydrogens is 370 g/mol. The van der Waals surface area contributed by atoms with Crippen LogP contribution in [0.25, 0.3) is 10.8 Å². The Morgan fingerprint density at radius 1 is 1.00 bits per heavy atom. The normalized spacial score (nSPS) is 10.9. The van der Waals surface area contributed by atoms with E-state index in [0.29, 0.717) is 17.9 Å². The van der Waals surface area contributed by atoms with E-state index < -0.39 is 0 Å². The number of hydrogen-bond donors (Lipinski definition) is 1. The van der Waals surface area contributed by atoms with Crippen molar-refractivity contribution in [1.82, 2.24) is 10.2 Å². The molecule has 0 aliphatic rings. The number of nitrogens with one attached hydrogen (secondary N) is 1. The first-order valence-electron chi connectivity index (χ1n) is 9.05. The molecule has 1 N–H and O–H groups in total.